The van der Waals surface area contributed by atoms with E-state index < -0.39 is 0 Å². The number of aromatic amines is 1. The molecule has 1 aliphatic carbocycles. The standard InChI is InChI=1S/C18H14BrN/c19-15-7-4-8-17-18(15)14-11-13(9-10-16(14)20-17)12-5-2-1-3-6-12/h1-5,7-12,20H,6H2. The molecule has 1 nitrogen and oxygen atoms in total. The third-order valence-corrected chi connectivity index (χ3v) is 4.67. The highest BCUT2D eigenvalue weighted by Gasteiger charge is 2.12. The summed E-state index contributed by atoms with van der Waals surface area (Å²) in [6.45, 7) is 0. The van der Waals surface area contributed by atoms with Gasteiger partial charge in [-0.3, -0.25) is 0 Å². The van der Waals surface area contributed by atoms with Crippen molar-refractivity contribution >= 4 is 37.7 Å². The topological polar surface area (TPSA) is 15.8 Å². The van der Waals surface area contributed by atoms with Crippen molar-refractivity contribution in [2.24, 2.45) is 0 Å². The number of allylic oxidation sites excluding steroid dienone is 4. The van der Waals surface area contributed by atoms with Crippen molar-refractivity contribution in [3.63, 3.8) is 0 Å². The quantitative estimate of drug-likeness (QED) is 0.592. The van der Waals surface area contributed by atoms with Crippen molar-refractivity contribution < 1.29 is 0 Å². The van der Waals surface area contributed by atoms with Gasteiger partial charge in [-0.25, -0.2) is 0 Å². The van der Waals surface area contributed by atoms with Crippen LogP contribution in [0.15, 0.2) is 65.2 Å². The van der Waals surface area contributed by atoms with Crippen LogP contribution in [0.1, 0.15) is 17.9 Å². The third kappa shape index (κ3) is 1.83. The Morgan fingerprint density at radius 2 is 2.00 bits per heavy atom. The molecule has 0 radical (unpaired) electrons. The van der Waals surface area contributed by atoms with Gasteiger partial charge < -0.3 is 4.98 Å². The smallest absolute Gasteiger partial charge is 0.0476 e. The molecule has 0 saturated heterocycles. The van der Waals surface area contributed by atoms with E-state index in [0.29, 0.717) is 5.92 Å². The predicted molar refractivity (Wildman–Crippen MR) is 89.1 cm³/mol. The molecule has 1 atom stereocenters. The van der Waals surface area contributed by atoms with Crippen molar-refractivity contribution in [3.8, 4) is 0 Å². The van der Waals surface area contributed by atoms with Gasteiger partial charge in [0, 0.05) is 32.2 Å². The largest absolute Gasteiger partial charge is 0.354 e. The summed E-state index contributed by atoms with van der Waals surface area (Å²) in [7, 11) is 0. The van der Waals surface area contributed by atoms with E-state index in [9.17, 15) is 0 Å². The highest BCUT2D eigenvalue weighted by Crippen LogP contribution is 2.34. The average Bonchev–Trinajstić information content (AvgIpc) is 2.87. The van der Waals surface area contributed by atoms with Gasteiger partial charge in [0.1, 0.15) is 0 Å². The molecule has 0 aliphatic heterocycles. The Morgan fingerprint density at radius 3 is 2.85 bits per heavy atom. The van der Waals surface area contributed by atoms with Crippen molar-refractivity contribution in [2.45, 2.75) is 12.3 Å². The van der Waals surface area contributed by atoms with Crippen LogP contribution < -0.4 is 0 Å². The van der Waals surface area contributed by atoms with Crippen LogP contribution in [0.4, 0.5) is 0 Å². The molecule has 4 rings (SSSR count). The van der Waals surface area contributed by atoms with Crippen LogP contribution in [0.2, 0.25) is 0 Å². The van der Waals surface area contributed by atoms with Crippen LogP contribution in [-0.4, -0.2) is 4.98 Å². The highest BCUT2D eigenvalue weighted by molar-refractivity contribution is 9.10. The first-order valence-electron chi connectivity index (χ1n) is 6.86. The van der Waals surface area contributed by atoms with E-state index in [4.69, 9.17) is 0 Å². The minimum Gasteiger partial charge on any atom is -0.354 e. The second-order valence-electron chi connectivity index (χ2n) is 5.25. The Balaban J connectivity index is 1.96. The zero-order valence-electron chi connectivity index (χ0n) is 10.9. The Morgan fingerprint density at radius 1 is 1.05 bits per heavy atom. The molecule has 1 aromatic heterocycles. The van der Waals surface area contributed by atoms with Gasteiger partial charge >= 0.3 is 0 Å². The van der Waals surface area contributed by atoms with Gasteiger partial charge in [0.05, 0.1) is 0 Å². The molecular weight excluding hydrogens is 310 g/mol. The summed E-state index contributed by atoms with van der Waals surface area (Å²) in [5, 5.41) is 2.58. The lowest BCUT2D eigenvalue weighted by atomic mass is 9.91. The second-order valence-corrected chi connectivity index (χ2v) is 6.10. The zero-order chi connectivity index (χ0) is 13.5. The number of fused-ring (bicyclic) bond motifs is 3. The Labute approximate surface area is 126 Å². The third-order valence-electron chi connectivity index (χ3n) is 4.00. The van der Waals surface area contributed by atoms with E-state index in [2.05, 4.69) is 81.6 Å². The van der Waals surface area contributed by atoms with Crippen molar-refractivity contribution in [3.05, 3.63) is 70.7 Å². The van der Waals surface area contributed by atoms with Gasteiger partial charge in [-0.1, -0.05) is 52.4 Å². The molecule has 1 N–H and O–H groups in total. The van der Waals surface area contributed by atoms with Gasteiger partial charge in [0.2, 0.25) is 0 Å². The summed E-state index contributed by atoms with van der Waals surface area (Å²) in [5.41, 5.74) is 3.77. The van der Waals surface area contributed by atoms with Crippen LogP contribution in [0, 0.1) is 0 Å². The highest BCUT2D eigenvalue weighted by atomic mass is 79.9. The SMILES string of the molecule is Brc1cccc2[nH]c3ccc(C4C=CC=CC4)cc3c12. The van der Waals surface area contributed by atoms with E-state index in [1.54, 1.807) is 0 Å². The fourth-order valence-electron chi connectivity index (χ4n) is 2.98. The number of hydrogen-bond donors (Lipinski definition) is 1. The number of halogens is 1. The number of benzene rings is 2. The van der Waals surface area contributed by atoms with Gasteiger partial charge in [-0.2, -0.15) is 0 Å². The first kappa shape index (κ1) is 12.0. The fourth-order valence-corrected chi connectivity index (χ4v) is 3.56. The maximum Gasteiger partial charge on any atom is 0.0476 e. The molecule has 98 valence electrons. The molecule has 0 bridgehead atoms. The van der Waals surface area contributed by atoms with Crippen LogP contribution in [0.3, 0.4) is 0 Å². The molecule has 0 fully saturated rings. The van der Waals surface area contributed by atoms with Crippen LogP contribution in [0.25, 0.3) is 21.8 Å². The maximum atomic E-state index is 3.67. The average molecular weight is 324 g/mol. The lowest BCUT2D eigenvalue weighted by Gasteiger charge is -2.13. The number of hydrogen-bond acceptors (Lipinski definition) is 0. The summed E-state index contributed by atoms with van der Waals surface area (Å²) in [4.78, 5) is 3.49. The van der Waals surface area contributed by atoms with E-state index in [-0.39, 0.29) is 0 Å². The molecule has 2 heteroatoms. The molecule has 3 aromatic rings. The van der Waals surface area contributed by atoms with E-state index in [1.807, 2.05) is 0 Å². The Bertz CT molecular complexity index is 854. The van der Waals surface area contributed by atoms with Crippen molar-refractivity contribution in [1.82, 2.24) is 4.98 Å². The molecule has 2 aromatic carbocycles. The number of H-pyrrole nitrogens is 1. The number of aromatic nitrogens is 1. The number of rotatable bonds is 1. The van der Waals surface area contributed by atoms with Crippen molar-refractivity contribution in [1.29, 1.82) is 0 Å². The molecular formula is C18H14BrN. The Kier molecular flexibility index (Phi) is 2.78. The van der Waals surface area contributed by atoms with Crippen LogP contribution in [-0.2, 0) is 0 Å². The molecule has 1 unspecified atom stereocenters. The molecule has 0 spiro atoms. The fraction of sp³-hybridized carbons (Fsp3) is 0.111. The predicted octanol–water partition coefficient (Wildman–Crippen LogP) is 5.68. The minimum absolute atomic E-state index is 0.497. The van der Waals surface area contributed by atoms with E-state index >= 15 is 0 Å². The lowest BCUT2D eigenvalue weighted by molar-refractivity contribution is 0.855. The molecule has 1 aliphatic rings. The molecule has 1 heterocycles. The summed E-state index contributed by atoms with van der Waals surface area (Å²) in [6.07, 6.45) is 9.87. The van der Waals surface area contributed by atoms with Gasteiger partial charge in [0.25, 0.3) is 0 Å². The second kappa shape index (κ2) is 4.64. The molecule has 0 amide bonds. The Hall–Kier alpha value is -1.80. The first-order chi connectivity index (χ1) is 9.83. The first-order valence-corrected chi connectivity index (χ1v) is 7.65. The lowest BCUT2D eigenvalue weighted by Crippen LogP contribution is -1.95. The molecule has 20 heavy (non-hydrogen) atoms. The zero-order valence-corrected chi connectivity index (χ0v) is 12.5. The summed E-state index contributed by atoms with van der Waals surface area (Å²) >= 11 is 3.67. The monoisotopic (exact) mass is 323 g/mol. The molecule has 0 saturated carbocycles. The van der Waals surface area contributed by atoms with E-state index in [0.717, 1.165) is 10.9 Å². The maximum absolute atomic E-state index is 3.67. The normalized spacial score (nSPS) is 18.1. The summed E-state index contributed by atoms with van der Waals surface area (Å²) < 4.78 is 1.15. The van der Waals surface area contributed by atoms with Gasteiger partial charge in [-0.05, 0) is 36.2 Å². The van der Waals surface area contributed by atoms with Crippen LogP contribution >= 0.6 is 15.9 Å². The summed E-state index contributed by atoms with van der Waals surface area (Å²) in [5.74, 6) is 0.497. The van der Waals surface area contributed by atoms with Crippen molar-refractivity contribution in [2.75, 3.05) is 0 Å². The van der Waals surface area contributed by atoms with E-state index in [1.165, 1.54) is 27.4 Å². The van der Waals surface area contributed by atoms with Crippen LogP contribution in [0.5, 0.6) is 0 Å². The van der Waals surface area contributed by atoms with Gasteiger partial charge in [0.15, 0.2) is 0 Å². The number of nitrogens with one attached hydrogen (secondary N) is 1. The minimum atomic E-state index is 0.497. The van der Waals surface area contributed by atoms with Gasteiger partial charge in [-0.15, -0.1) is 0 Å². The summed E-state index contributed by atoms with van der Waals surface area (Å²) in [6, 6.07) is 13.1.